The summed E-state index contributed by atoms with van der Waals surface area (Å²) in [4.78, 5) is 10.6. The Labute approximate surface area is 143 Å². The van der Waals surface area contributed by atoms with E-state index >= 15 is 0 Å². The summed E-state index contributed by atoms with van der Waals surface area (Å²) in [7, 11) is 0. The Morgan fingerprint density at radius 2 is 2.04 bits per heavy atom. The minimum absolute atomic E-state index is 0.330. The van der Waals surface area contributed by atoms with Gasteiger partial charge in [-0.05, 0) is 37.0 Å². The molecule has 1 aromatic heterocycles. The summed E-state index contributed by atoms with van der Waals surface area (Å²) in [6, 6.07) is 4.80. The predicted octanol–water partition coefficient (Wildman–Crippen LogP) is 3.94. The highest BCUT2D eigenvalue weighted by Gasteiger charge is 2.20. The molecule has 1 saturated heterocycles. The highest BCUT2D eigenvalue weighted by molar-refractivity contribution is 9.10. The number of nitrogens with one attached hydrogen (secondary N) is 1. The maximum atomic E-state index is 14.0. The van der Waals surface area contributed by atoms with Gasteiger partial charge in [-0.1, -0.05) is 22.9 Å². The van der Waals surface area contributed by atoms with Crippen molar-refractivity contribution in [2.75, 3.05) is 29.0 Å². The van der Waals surface area contributed by atoms with Gasteiger partial charge in [-0.25, -0.2) is 14.4 Å². The van der Waals surface area contributed by atoms with Crippen molar-refractivity contribution in [1.82, 2.24) is 9.97 Å². The van der Waals surface area contributed by atoms with Crippen LogP contribution >= 0.6 is 15.9 Å². The second-order valence-electron chi connectivity index (χ2n) is 5.88. The van der Waals surface area contributed by atoms with Gasteiger partial charge in [0.2, 0.25) is 0 Å². The lowest BCUT2D eigenvalue weighted by Crippen LogP contribution is -2.34. The molecule has 0 spiro atoms. The van der Waals surface area contributed by atoms with Gasteiger partial charge in [-0.2, -0.15) is 0 Å². The molecule has 0 unspecified atom stereocenters. The molecule has 1 fully saturated rings. The van der Waals surface area contributed by atoms with Gasteiger partial charge in [0.25, 0.3) is 0 Å². The molecule has 7 heteroatoms. The number of hydrogen-bond acceptors (Lipinski definition) is 5. The molecule has 1 aliphatic heterocycles. The van der Waals surface area contributed by atoms with Gasteiger partial charge < -0.3 is 16.0 Å². The molecule has 0 saturated carbocycles. The van der Waals surface area contributed by atoms with Gasteiger partial charge in [0.15, 0.2) is 11.6 Å². The number of aromatic nitrogens is 2. The van der Waals surface area contributed by atoms with Crippen molar-refractivity contribution in [3.8, 4) is 0 Å². The molecule has 0 bridgehead atoms. The van der Waals surface area contributed by atoms with Crippen molar-refractivity contribution in [1.29, 1.82) is 0 Å². The summed E-state index contributed by atoms with van der Waals surface area (Å²) in [5.74, 6) is 1.50. The Hall–Kier alpha value is -1.89. The average molecular weight is 380 g/mol. The van der Waals surface area contributed by atoms with Crippen molar-refractivity contribution in [3.63, 3.8) is 0 Å². The molecular formula is C16H19BrFN5. The van der Waals surface area contributed by atoms with E-state index in [2.05, 4.69) is 43.0 Å². The number of nitrogens with two attached hydrogens (primary N) is 1. The number of nitrogens with zero attached hydrogens (tertiary/aromatic N) is 3. The first-order valence-corrected chi connectivity index (χ1v) is 8.41. The first-order chi connectivity index (χ1) is 11.0. The van der Waals surface area contributed by atoms with Crippen LogP contribution in [0.25, 0.3) is 0 Å². The van der Waals surface area contributed by atoms with E-state index in [0.29, 0.717) is 27.5 Å². The molecule has 0 aliphatic carbocycles. The zero-order valence-corrected chi connectivity index (χ0v) is 14.5. The van der Waals surface area contributed by atoms with Crippen molar-refractivity contribution in [3.05, 3.63) is 34.8 Å². The SMILES string of the molecule is CC1CCN(c2ncnc(Nc3ccc(Br)cc3F)c2N)CC1. The van der Waals surface area contributed by atoms with Crippen LogP contribution in [0.5, 0.6) is 0 Å². The maximum Gasteiger partial charge on any atom is 0.159 e. The van der Waals surface area contributed by atoms with Crippen molar-refractivity contribution >= 4 is 38.9 Å². The molecule has 1 aliphatic rings. The molecule has 23 heavy (non-hydrogen) atoms. The molecule has 0 radical (unpaired) electrons. The summed E-state index contributed by atoms with van der Waals surface area (Å²) in [6.07, 6.45) is 3.70. The quantitative estimate of drug-likeness (QED) is 0.845. The largest absolute Gasteiger partial charge is 0.393 e. The normalized spacial score (nSPS) is 15.7. The Kier molecular flexibility index (Phi) is 4.66. The van der Waals surface area contributed by atoms with Crippen LogP contribution in [0.2, 0.25) is 0 Å². The Morgan fingerprint density at radius 3 is 2.74 bits per heavy atom. The van der Waals surface area contributed by atoms with Crippen LogP contribution in [0.1, 0.15) is 19.8 Å². The van der Waals surface area contributed by atoms with Gasteiger partial charge in [0.05, 0.1) is 5.69 Å². The second kappa shape index (κ2) is 6.70. The molecule has 0 amide bonds. The van der Waals surface area contributed by atoms with Crippen LogP contribution in [-0.2, 0) is 0 Å². The number of hydrogen-bond donors (Lipinski definition) is 2. The standard InChI is InChI=1S/C16H19BrFN5/c1-10-4-6-23(7-5-10)16-14(19)15(20-9-21-16)22-13-3-2-11(17)8-12(13)18/h2-3,8-10H,4-7,19H2,1H3,(H,20,21,22). The minimum atomic E-state index is -0.370. The van der Waals surface area contributed by atoms with E-state index in [1.807, 2.05) is 0 Å². The summed E-state index contributed by atoms with van der Waals surface area (Å²) in [5, 5.41) is 2.96. The van der Waals surface area contributed by atoms with Gasteiger partial charge in [0, 0.05) is 17.6 Å². The van der Waals surface area contributed by atoms with Gasteiger partial charge in [0.1, 0.15) is 17.8 Å². The van der Waals surface area contributed by atoms with E-state index in [9.17, 15) is 4.39 Å². The van der Waals surface area contributed by atoms with E-state index in [-0.39, 0.29) is 5.82 Å². The average Bonchev–Trinajstić information content (AvgIpc) is 2.53. The zero-order valence-electron chi connectivity index (χ0n) is 12.9. The van der Waals surface area contributed by atoms with E-state index in [4.69, 9.17) is 5.73 Å². The smallest absolute Gasteiger partial charge is 0.159 e. The molecule has 2 heterocycles. The third kappa shape index (κ3) is 3.55. The number of benzene rings is 1. The molecule has 3 rings (SSSR count). The monoisotopic (exact) mass is 379 g/mol. The number of piperidine rings is 1. The van der Waals surface area contributed by atoms with Crippen molar-refractivity contribution < 1.29 is 4.39 Å². The van der Waals surface area contributed by atoms with Crippen molar-refractivity contribution in [2.45, 2.75) is 19.8 Å². The lowest BCUT2D eigenvalue weighted by molar-refractivity contribution is 0.437. The number of nitrogen functional groups attached to an aromatic ring is 1. The summed E-state index contributed by atoms with van der Waals surface area (Å²) >= 11 is 3.24. The molecule has 0 atom stereocenters. The van der Waals surface area contributed by atoms with Crippen LogP contribution in [0.4, 0.5) is 27.4 Å². The Balaban J connectivity index is 1.85. The van der Waals surface area contributed by atoms with E-state index in [0.717, 1.165) is 31.8 Å². The van der Waals surface area contributed by atoms with Gasteiger partial charge >= 0.3 is 0 Å². The summed E-state index contributed by atoms with van der Waals surface area (Å²) < 4.78 is 14.7. The summed E-state index contributed by atoms with van der Waals surface area (Å²) in [6.45, 7) is 4.10. The first-order valence-electron chi connectivity index (χ1n) is 7.62. The van der Waals surface area contributed by atoms with E-state index in [1.54, 1.807) is 12.1 Å². The molecule has 122 valence electrons. The minimum Gasteiger partial charge on any atom is -0.393 e. The lowest BCUT2D eigenvalue weighted by atomic mass is 9.99. The van der Waals surface area contributed by atoms with Crippen LogP contribution in [-0.4, -0.2) is 23.1 Å². The Morgan fingerprint density at radius 1 is 1.30 bits per heavy atom. The molecule has 3 N–H and O–H groups in total. The number of halogens is 2. The fraction of sp³-hybridized carbons (Fsp3) is 0.375. The number of rotatable bonds is 3. The van der Waals surface area contributed by atoms with Crippen LogP contribution < -0.4 is 16.0 Å². The van der Waals surface area contributed by atoms with Crippen molar-refractivity contribution in [2.24, 2.45) is 5.92 Å². The second-order valence-corrected chi connectivity index (χ2v) is 6.79. The maximum absolute atomic E-state index is 14.0. The molecule has 1 aromatic carbocycles. The topological polar surface area (TPSA) is 67.1 Å². The van der Waals surface area contributed by atoms with Gasteiger partial charge in [-0.3, -0.25) is 0 Å². The molecule has 5 nitrogen and oxygen atoms in total. The van der Waals surface area contributed by atoms with Crippen LogP contribution in [0.3, 0.4) is 0 Å². The van der Waals surface area contributed by atoms with Crippen LogP contribution in [0, 0.1) is 11.7 Å². The van der Waals surface area contributed by atoms with Crippen LogP contribution in [0.15, 0.2) is 29.0 Å². The summed E-state index contributed by atoms with van der Waals surface area (Å²) in [5.41, 5.74) is 6.99. The fourth-order valence-corrected chi connectivity index (χ4v) is 3.01. The highest BCUT2D eigenvalue weighted by Crippen LogP contribution is 2.32. The third-order valence-corrected chi connectivity index (χ3v) is 4.62. The molecular weight excluding hydrogens is 361 g/mol. The van der Waals surface area contributed by atoms with Gasteiger partial charge in [-0.15, -0.1) is 0 Å². The zero-order chi connectivity index (χ0) is 16.4. The third-order valence-electron chi connectivity index (χ3n) is 4.13. The number of anilines is 4. The van der Waals surface area contributed by atoms with E-state index in [1.165, 1.54) is 12.4 Å². The fourth-order valence-electron chi connectivity index (χ4n) is 2.68. The Bertz CT molecular complexity index is 701. The lowest BCUT2D eigenvalue weighted by Gasteiger charge is -2.32. The first kappa shape index (κ1) is 16.0. The predicted molar refractivity (Wildman–Crippen MR) is 94.4 cm³/mol. The van der Waals surface area contributed by atoms with E-state index < -0.39 is 0 Å². The molecule has 2 aromatic rings. The highest BCUT2D eigenvalue weighted by atomic mass is 79.9.